The van der Waals surface area contributed by atoms with Crippen molar-refractivity contribution in [3.63, 3.8) is 0 Å². The molecule has 0 bridgehead atoms. The number of nitrogens with zero attached hydrogens (tertiary/aromatic N) is 2. The van der Waals surface area contributed by atoms with Crippen LogP contribution in [0.1, 0.15) is 50.4 Å². The second-order valence-electron chi connectivity index (χ2n) is 5.60. The molecule has 0 atom stereocenters. The van der Waals surface area contributed by atoms with Crippen molar-refractivity contribution in [3.8, 4) is 0 Å². The first-order chi connectivity index (χ1) is 9.06. The Kier molecular flexibility index (Phi) is 5.03. The topological polar surface area (TPSA) is 53.1 Å². The first-order valence-corrected chi connectivity index (χ1v) is 7.92. The van der Waals surface area contributed by atoms with Crippen LogP contribution in [0.3, 0.4) is 0 Å². The smallest absolute Gasteiger partial charge is 0.0897 e. The molecule has 0 radical (unpaired) electrons. The zero-order chi connectivity index (χ0) is 13.9. The molecule has 2 N–H and O–H groups in total. The summed E-state index contributed by atoms with van der Waals surface area (Å²) in [4.78, 5) is 0. The lowest BCUT2D eigenvalue weighted by molar-refractivity contribution is 0.0540. The average molecular weight is 330 g/mol. The van der Waals surface area contributed by atoms with Crippen LogP contribution in [0.4, 0.5) is 0 Å². The fraction of sp³-hybridized carbons (Fsp3) is 0.786. The van der Waals surface area contributed by atoms with Crippen molar-refractivity contribution >= 4 is 15.9 Å². The van der Waals surface area contributed by atoms with Crippen molar-refractivity contribution in [2.45, 2.75) is 57.6 Å². The standard InChI is InChI=1S/C14H24BrN3O/c1-3-11-13(15)12(18(2)17-11)9-19-10-14(16)7-5-4-6-8-14/h3-10,16H2,1-2H3. The van der Waals surface area contributed by atoms with Gasteiger partial charge < -0.3 is 10.5 Å². The summed E-state index contributed by atoms with van der Waals surface area (Å²) in [6.07, 6.45) is 6.87. The molecule has 1 aromatic heterocycles. The van der Waals surface area contributed by atoms with Gasteiger partial charge in [-0.05, 0) is 35.2 Å². The Morgan fingerprint density at radius 2 is 2.05 bits per heavy atom. The molecule has 19 heavy (non-hydrogen) atoms. The molecule has 0 amide bonds. The molecule has 4 nitrogen and oxygen atoms in total. The van der Waals surface area contributed by atoms with E-state index in [1.165, 1.54) is 19.3 Å². The lowest BCUT2D eigenvalue weighted by Crippen LogP contribution is -2.46. The van der Waals surface area contributed by atoms with Gasteiger partial charge in [0.25, 0.3) is 0 Å². The van der Waals surface area contributed by atoms with Gasteiger partial charge in [0, 0.05) is 12.6 Å². The van der Waals surface area contributed by atoms with Gasteiger partial charge in [-0.2, -0.15) is 5.10 Å². The molecule has 1 aliphatic carbocycles. The van der Waals surface area contributed by atoms with Gasteiger partial charge in [-0.25, -0.2) is 0 Å². The highest BCUT2D eigenvalue weighted by atomic mass is 79.9. The molecule has 1 aliphatic rings. The highest BCUT2D eigenvalue weighted by molar-refractivity contribution is 9.10. The third kappa shape index (κ3) is 3.58. The Bertz CT molecular complexity index is 425. The highest BCUT2D eigenvalue weighted by Crippen LogP contribution is 2.27. The summed E-state index contributed by atoms with van der Waals surface area (Å²) in [7, 11) is 1.96. The SMILES string of the molecule is CCc1nn(C)c(COCC2(N)CCCCC2)c1Br. The van der Waals surface area contributed by atoms with Gasteiger partial charge in [-0.15, -0.1) is 0 Å². The largest absolute Gasteiger partial charge is 0.373 e. The van der Waals surface area contributed by atoms with E-state index in [1.54, 1.807) is 0 Å². The minimum Gasteiger partial charge on any atom is -0.373 e. The van der Waals surface area contributed by atoms with Gasteiger partial charge >= 0.3 is 0 Å². The monoisotopic (exact) mass is 329 g/mol. The molecule has 0 aromatic carbocycles. The molecule has 1 fully saturated rings. The lowest BCUT2D eigenvalue weighted by atomic mass is 9.83. The minimum absolute atomic E-state index is 0.114. The van der Waals surface area contributed by atoms with Crippen molar-refractivity contribution in [2.75, 3.05) is 6.61 Å². The third-order valence-corrected chi connectivity index (χ3v) is 4.90. The van der Waals surface area contributed by atoms with Gasteiger partial charge in [0.1, 0.15) is 0 Å². The number of rotatable bonds is 5. The predicted molar refractivity (Wildman–Crippen MR) is 79.9 cm³/mol. The van der Waals surface area contributed by atoms with E-state index in [0.717, 1.165) is 35.1 Å². The Morgan fingerprint density at radius 1 is 1.37 bits per heavy atom. The van der Waals surface area contributed by atoms with E-state index in [4.69, 9.17) is 10.5 Å². The maximum Gasteiger partial charge on any atom is 0.0897 e. The third-order valence-electron chi connectivity index (χ3n) is 3.98. The fourth-order valence-electron chi connectivity index (χ4n) is 2.73. The lowest BCUT2D eigenvalue weighted by Gasteiger charge is -2.33. The Balaban J connectivity index is 1.90. The van der Waals surface area contributed by atoms with Crippen LogP contribution in [-0.4, -0.2) is 21.9 Å². The summed E-state index contributed by atoms with van der Waals surface area (Å²) in [6.45, 7) is 3.32. The number of ether oxygens (including phenoxy) is 1. The van der Waals surface area contributed by atoms with Crippen LogP contribution in [0.25, 0.3) is 0 Å². The molecule has 0 saturated heterocycles. The maximum absolute atomic E-state index is 6.37. The normalized spacial score (nSPS) is 18.7. The van der Waals surface area contributed by atoms with E-state index in [9.17, 15) is 0 Å². The minimum atomic E-state index is -0.114. The molecular weight excluding hydrogens is 306 g/mol. The van der Waals surface area contributed by atoms with Gasteiger partial charge in [0.05, 0.1) is 29.1 Å². The Hall–Kier alpha value is -0.390. The number of aromatic nitrogens is 2. The second kappa shape index (κ2) is 6.37. The fourth-order valence-corrected chi connectivity index (χ4v) is 3.46. The van der Waals surface area contributed by atoms with Gasteiger partial charge in [-0.3, -0.25) is 4.68 Å². The molecule has 108 valence electrons. The van der Waals surface area contributed by atoms with E-state index in [1.807, 2.05) is 11.7 Å². The number of aryl methyl sites for hydroxylation is 2. The van der Waals surface area contributed by atoms with Crippen molar-refractivity contribution in [1.29, 1.82) is 0 Å². The van der Waals surface area contributed by atoms with E-state index in [-0.39, 0.29) is 5.54 Å². The maximum atomic E-state index is 6.37. The summed E-state index contributed by atoms with van der Waals surface area (Å²) in [5.41, 5.74) is 8.44. The van der Waals surface area contributed by atoms with E-state index < -0.39 is 0 Å². The molecule has 0 spiro atoms. The van der Waals surface area contributed by atoms with Gasteiger partial charge in [0.2, 0.25) is 0 Å². The van der Waals surface area contributed by atoms with Crippen LogP contribution in [0, 0.1) is 0 Å². The summed E-state index contributed by atoms with van der Waals surface area (Å²) in [5, 5.41) is 4.47. The second-order valence-corrected chi connectivity index (χ2v) is 6.39. The van der Waals surface area contributed by atoms with Gasteiger partial charge in [-0.1, -0.05) is 26.2 Å². The number of nitrogens with two attached hydrogens (primary N) is 1. The summed E-state index contributed by atoms with van der Waals surface area (Å²) < 4.78 is 8.84. The van der Waals surface area contributed by atoms with Crippen LogP contribution >= 0.6 is 15.9 Å². The zero-order valence-corrected chi connectivity index (χ0v) is 13.5. The first-order valence-electron chi connectivity index (χ1n) is 7.12. The number of hydrogen-bond donors (Lipinski definition) is 1. The van der Waals surface area contributed by atoms with Crippen LogP contribution in [0.2, 0.25) is 0 Å². The van der Waals surface area contributed by atoms with Crippen molar-refractivity contribution in [1.82, 2.24) is 9.78 Å². The molecule has 1 heterocycles. The molecule has 1 saturated carbocycles. The quantitative estimate of drug-likeness (QED) is 0.903. The van der Waals surface area contributed by atoms with Crippen LogP contribution in [0.15, 0.2) is 4.47 Å². The van der Waals surface area contributed by atoms with Crippen molar-refractivity contribution < 1.29 is 4.74 Å². The summed E-state index contributed by atoms with van der Waals surface area (Å²) in [6, 6.07) is 0. The summed E-state index contributed by atoms with van der Waals surface area (Å²) in [5.74, 6) is 0. The molecule has 0 aliphatic heterocycles. The van der Waals surface area contributed by atoms with E-state index >= 15 is 0 Å². The first kappa shape index (κ1) is 15.0. The molecule has 0 unspecified atom stereocenters. The highest BCUT2D eigenvalue weighted by Gasteiger charge is 2.27. The van der Waals surface area contributed by atoms with Gasteiger partial charge in [0.15, 0.2) is 0 Å². The Morgan fingerprint density at radius 3 is 2.63 bits per heavy atom. The molecule has 2 rings (SSSR count). The van der Waals surface area contributed by atoms with Crippen molar-refractivity contribution in [3.05, 3.63) is 15.9 Å². The van der Waals surface area contributed by atoms with Crippen LogP contribution in [-0.2, 0) is 24.8 Å². The van der Waals surface area contributed by atoms with Crippen LogP contribution in [0.5, 0.6) is 0 Å². The zero-order valence-electron chi connectivity index (χ0n) is 11.9. The van der Waals surface area contributed by atoms with E-state index in [0.29, 0.717) is 13.2 Å². The van der Waals surface area contributed by atoms with Crippen molar-refractivity contribution in [2.24, 2.45) is 12.8 Å². The molecule has 1 aromatic rings. The average Bonchev–Trinajstić information content (AvgIpc) is 2.66. The number of hydrogen-bond acceptors (Lipinski definition) is 3. The summed E-state index contributed by atoms with van der Waals surface area (Å²) >= 11 is 3.61. The predicted octanol–water partition coefficient (Wildman–Crippen LogP) is 2.92. The molecular formula is C14H24BrN3O. The Labute approximate surface area is 123 Å². The molecule has 5 heteroatoms. The van der Waals surface area contributed by atoms with Crippen LogP contribution < -0.4 is 5.73 Å². The number of halogens is 1. The van der Waals surface area contributed by atoms with E-state index in [2.05, 4.69) is 28.0 Å².